The normalized spacial score (nSPS) is 20.3. The van der Waals surface area contributed by atoms with Crippen molar-refractivity contribution in [2.45, 2.75) is 37.6 Å². The molecule has 0 aromatic heterocycles. The van der Waals surface area contributed by atoms with Crippen LogP contribution in [-0.2, 0) is 19.1 Å². The minimum absolute atomic E-state index is 0.200. The Morgan fingerprint density at radius 3 is 2.56 bits per heavy atom. The van der Waals surface area contributed by atoms with E-state index in [1.165, 1.54) is 7.11 Å². The van der Waals surface area contributed by atoms with E-state index in [0.717, 1.165) is 29.8 Å². The minimum Gasteiger partial charge on any atom is -0.465 e. The molecular formula is C22H28N4O6. The SMILES string of the molecule is COC(=O)c1cc(N2CCOCC2)ccc1NC(=O)CN1C(=O)NC2(CCCCC2)C1=O. The van der Waals surface area contributed by atoms with Gasteiger partial charge in [-0.1, -0.05) is 19.3 Å². The van der Waals surface area contributed by atoms with Crippen LogP contribution in [0.4, 0.5) is 16.2 Å². The molecule has 0 radical (unpaired) electrons. The molecule has 2 heterocycles. The van der Waals surface area contributed by atoms with Gasteiger partial charge in [0.1, 0.15) is 12.1 Å². The molecule has 0 bridgehead atoms. The summed E-state index contributed by atoms with van der Waals surface area (Å²) < 4.78 is 10.2. The maximum atomic E-state index is 12.9. The van der Waals surface area contributed by atoms with Crippen LogP contribution in [-0.4, -0.2) is 74.2 Å². The second-order valence-electron chi connectivity index (χ2n) is 8.33. The lowest BCUT2D eigenvalue weighted by Gasteiger charge is -2.30. The fraction of sp³-hybridized carbons (Fsp3) is 0.545. The Hall–Kier alpha value is -3.14. The molecule has 0 unspecified atom stereocenters. The van der Waals surface area contributed by atoms with Crippen LogP contribution in [0.2, 0.25) is 0 Å². The van der Waals surface area contributed by atoms with Crippen LogP contribution in [0.1, 0.15) is 42.5 Å². The summed E-state index contributed by atoms with van der Waals surface area (Å²) in [4.78, 5) is 53.4. The number of carbonyl (C=O) groups excluding carboxylic acids is 4. The van der Waals surface area contributed by atoms with E-state index in [0.29, 0.717) is 39.1 Å². The largest absolute Gasteiger partial charge is 0.465 e. The number of rotatable bonds is 5. The van der Waals surface area contributed by atoms with Crippen molar-refractivity contribution in [3.63, 3.8) is 0 Å². The molecule has 10 heteroatoms. The third-order valence-corrected chi connectivity index (χ3v) is 6.31. The zero-order valence-corrected chi connectivity index (χ0v) is 18.1. The van der Waals surface area contributed by atoms with Crippen LogP contribution in [0.3, 0.4) is 0 Å². The maximum absolute atomic E-state index is 12.9. The van der Waals surface area contributed by atoms with Gasteiger partial charge in [0.15, 0.2) is 0 Å². The number of ether oxygens (including phenoxy) is 2. The summed E-state index contributed by atoms with van der Waals surface area (Å²) in [6.07, 6.45) is 3.94. The van der Waals surface area contributed by atoms with Crippen molar-refractivity contribution in [1.29, 1.82) is 0 Å². The molecule has 1 aromatic carbocycles. The quantitative estimate of drug-likeness (QED) is 0.522. The van der Waals surface area contributed by atoms with Crippen LogP contribution in [0.15, 0.2) is 18.2 Å². The average molecular weight is 444 g/mol. The van der Waals surface area contributed by atoms with Crippen LogP contribution in [0.25, 0.3) is 0 Å². The van der Waals surface area contributed by atoms with Gasteiger partial charge in [-0.25, -0.2) is 9.59 Å². The van der Waals surface area contributed by atoms with Crippen molar-refractivity contribution >= 4 is 35.2 Å². The molecule has 4 amide bonds. The molecule has 32 heavy (non-hydrogen) atoms. The van der Waals surface area contributed by atoms with E-state index in [4.69, 9.17) is 9.47 Å². The predicted octanol–water partition coefficient (Wildman–Crippen LogP) is 1.50. The highest BCUT2D eigenvalue weighted by atomic mass is 16.5. The van der Waals surface area contributed by atoms with Crippen molar-refractivity contribution in [3.8, 4) is 0 Å². The topological polar surface area (TPSA) is 117 Å². The van der Waals surface area contributed by atoms with Crippen molar-refractivity contribution in [1.82, 2.24) is 10.2 Å². The molecule has 1 aromatic rings. The minimum atomic E-state index is -0.882. The van der Waals surface area contributed by atoms with E-state index in [9.17, 15) is 19.2 Å². The summed E-state index contributed by atoms with van der Waals surface area (Å²) in [7, 11) is 1.27. The highest BCUT2D eigenvalue weighted by molar-refractivity contribution is 6.11. The second kappa shape index (κ2) is 9.15. The van der Waals surface area contributed by atoms with Gasteiger partial charge in [-0.15, -0.1) is 0 Å². The third-order valence-electron chi connectivity index (χ3n) is 6.31. The van der Waals surface area contributed by atoms with Gasteiger partial charge in [0.25, 0.3) is 5.91 Å². The number of hydrogen-bond donors (Lipinski definition) is 2. The van der Waals surface area contributed by atoms with Crippen molar-refractivity contribution in [2.24, 2.45) is 0 Å². The van der Waals surface area contributed by atoms with E-state index in [1.54, 1.807) is 18.2 Å². The van der Waals surface area contributed by atoms with E-state index in [1.807, 2.05) is 0 Å². The number of methoxy groups -OCH3 is 1. The van der Waals surface area contributed by atoms with Gasteiger partial charge in [-0.3, -0.25) is 14.5 Å². The molecule has 1 spiro atoms. The molecule has 0 atom stereocenters. The van der Waals surface area contributed by atoms with Gasteiger partial charge in [0.2, 0.25) is 5.91 Å². The summed E-state index contributed by atoms with van der Waals surface area (Å²) in [6, 6.07) is 4.54. The fourth-order valence-electron chi connectivity index (χ4n) is 4.59. The van der Waals surface area contributed by atoms with Gasteiger partial charge in [-0.2, -0.15) is 0 Å². The number of nitrogens with zero attached hydrogens (tertiary/aromatic N) is 2. The molecule has 172 valence electrons. The summed E-state index contributed by atoms with van der Waals surface area (Å²) >= 11 is 0. The van der Waals surface area contributed by atoms with Gasteiger partial charge >= 0.3 is 12.0 Å². The molecule has 2 saturated heterocycles. The summed E-state index contributed by atoms with van der Waals surface area (Å²) in [5, 5.41) is 5.45. The van der Waals surface area contributed by atoms with E-state index in [-0.39, 0.29) is 17.2 Å². The highest BCUT2D eigenvalue weighted by Crippen LogP contribution is 2.33. The van der Waals surface area contributed by atoms with Crippen molar-refractivity contribution in [3.05, 3.63) is 23.8 Å². The van der Waals surface area contributed by atoms with Crippen LogP contribution in [0, 0.1) is 0 Å². The number of anilines is 2. The number of benzene rings is 1. The first-order valence-corrected chi connectivity index (χ1v) is 10.9. The first kappa shape index (κ1) is 22.1. The van der Waals surface area contributed by atoms with Gasteiger partial charge in [0, 0.05) is 18.8 Å². The zero-order valence-electron chi connectivity index (χ0n) is 18.1. The molecule has 10 nitrogen and oxygen atoms in total. The van der Waals surface area contributed by atoms with Crippen LogP contribution >= 0.6 is 0 Å². The number of urea groups is 1. The van der Waals surface area contributed by atoms with Crippen LogP contribution in [0.5, 0.6) is 0 Å². The number of morpholine rings is 1. The van der Waals surface area contributed by atoms with Crippen LogP contribution < -0.4 is 15.5 Å². The Morgan fingerprint density at radius 2 is 1.88 bits per heavy atom. The standard InChI is InChI=1S/C22H28N4O6/c1-31-19(28)16-13-15(25-9-11-32-12-10-25)5-6-17(16)23-18(27)14-26-20(29)22(24-21(26)30)7-3-2-4-8-22/h5-6,13H,2-4,7-12,14H2,1H3,(H,23,27)(H,24,30). The number of amides is 4. The van der Waals surface area contributed by atoms with E-state index < -0.39 is 30.0 Å². The smallest absolute Gasteiger partial charge is 0.340 e. The first-order chi connectivity index (χ1) is 15.4. The van der Waals surface area contributed by atoms with Gasteiger partial charge in [-0.05, 0) is 31.0 Å². The second-order valence-corrected chi connectivity index (χ2v) is 8.33. The Kier molecular flexibility index (Phi) is 6.31. The fourth-order valence-corrected chi connectivity index (χ4v) is 4.59. The molecule has 3 fully saturated rings. The van der Waals surface area contributed by atoms with Gasteiger partial charge in [0.05, 0.1) is 31.6 Å². The number of carbonyl (C=O) groups is 4. The first-order valence-electron chi connectivity index (χ1n) is 10.9. The lowest BCUT2D eigenvalue weighted by molar-refractivity contribution is -0.134. The maximum Gasteiger partial charge on any atom is 0.340 e. The summed E-state index contributed by atoms with van der Waals surface area (Å²) in [5.74, 6) is -1.51. The molecular weight excluding hydrogens is 416 g/mol. The molecule has 1 aliphatic carbocycles. The third kappa shape index (κ3) is 4.27. The lowest BCUT2D eigenvalue weighted by atomic mass is 9.82. The predicted molar refractivity (Wildman–Crippen MR) is 116 cm³/mol. The molecule has 3 aliphatic rings. The highest BCUT2D eigenvalue weighted by Gasteiger charge is 2.51. The Balaban J connectivity index is 1.48. The van der Waals surface area contributed by atoms with Crippen molar-refractivity contribution in [2.75, 3.05) is 50.2 Å². The number of esters is 1. The summed E-state index contributed by atoms with van der Waals surface area (Å²) in [5.41, 5.74) is 0.399. The molecule has 2 N–H and O–H groups in total. The Bertz CT molecular complexity index is 921. The number of nitrogens with one attached hydrogen (secondary N) is 2. The number of imide groups is 1. The lowest BCUT2D eigenvalue weighted by Crippen LogP contribution is -2.48. The molecule has 2 aliphatic heterocycles. The zero-order chi connectivity index (χ0) is 22.7. The van der Waals surface area contributed by atoms with E-state index in [2.05, 4.69) is 15.5 Å². The Labute approximate surface area is 186 Å². The number of hydrogen-bond acceptors (Lipinski definition) is 7. The Morgan fingerprint density at radius 1 is 1.16 bits per heavy atom. The molecule has 4 rings (SSSR count). The molecule has 1 saturated carbocycles. The summed E-state index contributed by atoms with van der Waals surface area (Å²) in [6.45, 7) is 2.16. The average Bonchev–Trinajstić information content (AvgIpc) is 3.03. The van der Waals surface area contributed by atoms with E-state index >= 15 is 0 Å². The monoisotopic (exact) mass is 444 g/mol. The van der Waals surface area contributed by atoms with Gasteiger partial charge < -0.3 is 25.0 Å². The van der Waals surface area contributed by atoms with Crippen molar-refractivity contribution < 1.29 is 28.7 Å².